The van der Waals surface area contributed by atoms with Crippen molar-refractivity contribution in [1.29, 1.82) is 0 Å². The summed E-state index contributed by atoms with van der Waals surface area (Å²) in [5, 5.41) is 0. The SMILES string of the molecule is CC(C)C[C@@H](N)C(=O)N(C)CC1CCCN1C. The first-order valence-corrected chi connectivity index (χ1v) is 6.62. The molecule has 1 rings (SSSR count). The number of carbonyl (C=O) groups excluding carboxylic acids is 1. The van der Waals surface area contributed by atoms with Gasteiger partial charge in [-0.3, -0.25) is 4.79 Å². The number of likely N-dealkylation sites (N-methyl/N-ethyl adjacent to an activating group) is 2. The average Bonchev–Trinajstić information content (AvgIpc) is 2.62. The summed E-state index contributed by atoms with van der Waals surface area (Å²) in [6, 6.07) is 0.168. The lowest BCUT2D eigenvalue weighted by Crippen LogP contribution is -2.46. The van der Waals surface area contributed by atoms with Gasteiger partial charge in [0.15, 0.2) is 0 Å². The van der Waals surface area contributed by atoms with E-state index in [4.69, 9.17) is 5.73 Å². The highest BCUT2D eigenvalue weighted by Crippen LogP contribution is 2.16. The maximum atomic E-state index is 12.1. The fourth-order valence-corrected chi connectivity index (χ4v) is 2.51. The molecule has 0 bridgehead atoms. The van der Waals surface area contributed by atoms with Crippen molar-refractivity contribution >= 4 is 5.91 Å². The van der Waals surface area contributed by atoms with Crippen LogP contribution in [-0.2, 0) is 4.79 Å². The van der Waals surface area contributed by atoms with Crippen LogP contribution in [0.4, 0.5) is 0 Å². The highest BCUT2D eigenvalue weighted by Gasteiger charge is 2.26. The van der Waals surface area contributed by atoms with Crippen LogP contribution < -0.4 is 5.73 Å². The molecule has 0 radical (unpaired) electrons. The molecule has 1 aliphatic heterocycles. The van der Waals surface area contributed by atoms with Crippen molar-refractivity contribution in [2.75, 3.05) is 27.2 Å². The van der Waals surface area contributed by atoms with Crippen molar-refractivity contribution < 1.29 is 4.79 Å². The fraction of sp³-hybridized carbons (Fsp3) is 0.923. The molecule has 0 aromatic carbocycles. The van der Waals surface area contributed by atoms with Crippen molar-refractivity contribution in [3.63, 3.8) is 0 Å². The second-order valence-electron chi connectivity index (χ2n) is 5.73. The average molecular weight is 241 g/mol. The smallest absolute Gasteiger partial charge is 0.239 e. The van der Waals surface area contributed by atoms with E-state index in [2.05, 4.69) is 25.8 Å². The summed E-state index contributed by atoms with van der Waals surface area (Å²) in [5.74, 6) is 0.551. The van der Waals surface area contributed by atoms with Gasteiger partial charge in [0, 0.05) is 19.6 Å². The summed E-state index contributed by atoms with van der Waals surface area (Å²) < 4.78 is 0. The normalized spacial score (nSPS) is 23.1. The first-order valence-electron chi connectivity index (χ1n) is 6.62. The Balaban J connectivity index is 2.40. The zero-order valence-corrected chi connectivity index (χ0v) is 11.6. The molecular weight excluding hydrogens is 214 g/mol. The summed E-state index contributed by atoms with van der Waals surface area (Å²) in [6.07, 6.45) is 3.19. The predicted octanol–water partition coefficient (Wildman–Crippen LogP) is 0.912. The summed E-state index contributed by atoms with van der Waals surface area (Å²) in [4.78, 5) is 16.2. The van der Waals surface area contributed by atoms with Crippen molar-refractivity contribution in [1.82, 2.24) is 9.80 Å². The molecule has 4 nitrogen and oxygen atoms in total. The number of rotatable bonds is 5. The van der Waals surface area contributed by atoms with Gasteiger partial charge < -0.3 is 15.5 Å². The summed E-state index contributed by atoms with van der Waals surface area (Å²) in [6.45, 7) is 6.14. The molecule has 1 amide bonds. The molecule has 1 unspecified atom stereocenters. The second kappa shape index (κ2) is 6.36. The molecule has 1 fully saturated rings. The Kier molecular flexibility index (Phi) is 5.40. The monoisotopic (exact) mass is 241 g/mol. The van der Waals surface area contributed by atoms with Gasteiger partial charge in [0.2, 0.25) is 5.91 Å². The number of hydrogen-bond donors (Lipinski definition) is 1. The molecule has 2 atom stereocenters. The molecule has 1 aliphatic rings. The quantitative estimate of drug-likeness (QED) is 0.778. The summed E-state index contributed by atoms with van der Waals surface area (Å²) in [7, 11) is 4.00. The Morgan fingerprint density at radius 1 is 1.53 bits per heavy atom. The van der Waals surface area contributed by atoms with Crippen molar-refractivity contribution in [2.45, 2.75) is 45.2 Å². The Morgan fingerprint density at radius 3 is 2.65 bits per heavy atom. The lowest BCUT2D eigenvalue weighted by molar-refractivity contribution is -0.132. The van der Waals surface area contributed by atoms with Crippen LogP contribution in [0, 0.1) is 5.92 Å². The number of nitrogens with two attached hydrogens (primary N) is 1. The van der Waals surface area contributed by atoms with E-state index in [1.165, 1.54) is 12.8 Å². The Hall–Kier alpha value is -0.610. The van der Waals surface area contributed by atoms with E-state index >= 15 is 0 Å². The highest BCUT2D eigenvalue weighted by atomic mass is 16.2. The van der Waals surface area contributed by atoms with Crippen LogP contribution in [0.3, 0.4) is 0 Å². The maximum absolute atomic E-state index is 12.1. The maximum Gasteiger partial charge on any atom is 0.239 e. The minimum Gasteiger partial charge on any atom is -0.343 e. The van der Waals surface area contributed by atoms with Crippen LogP contribution in [0.1, 0.15) is 33.1 Å². The second-order valence-corrected chi connectivity index (χ2v) is 5.73. The molecule has 2 N–H and O–H groups in total. The number of nitrogens with zero attached hydrogens (tertiary/aromatic N) is 2. The van der Waals surface area contributed by atoms with Crippen molar-refractivity contribution in [3.05, 3.63) is 0 Å². The van der Waals surface area contributed by atoms with Gasteiger partial charge >= 0.3 is 0 Å². The van der Waals surface area contributed by atoms with Gasteiger partial charge in [-0.2, -0.15) is 0 Å². The van der Waals surface area contributed by atoms with Crippen LogP contribution in [0.15, 0.2) is 0 Å². The van der Waals surface area contributed by atoms with E-state index in [1.54, 1.807) is 4.90 Å². The molecule has 0 saturated carbocycles. The van der Waals surface area contributed by atoms with E-state index in [0.717, 1.165) is 19.5 Å². The Labute approximate surface area is 105 Å². The topological polar surface area (TPSA) is 49.6 Å². The van der Waals surface area contributed by atoms with Gasteiger partial charge in [0.05, 0.1) is 6.04 Å². The van der Waals surface area contributed by atoms with Gasteiger partial charge in [0.1, 0.15) is 0 Å². The molecular formula is C13H27N3O. The first-order chi connectivity index (χ1) is 7.91. The van der Waals surface area contributed by atoms with Gasteiger partial charge in [-0.15, -0.1) is 0 Å². The Morgan fingerprint density at radius 2 is 2.18 bits per heavy atom. The molecule has 17 heavy (non-hydrogen) atoms. The molecule has 0 spiro atoms. The van der Waals surface area contributed by atoms with Crippen molar-refractivity contribution in [3.8, 4) is 0 Å². The third-order valence-corrected chi connectivity index (χ3v) is 3.57. The third kappa shape index (κ3) is 4.28. The molecule has 4 heteroatoms. The number of hydrogen-bond acceptors (Lipinski definition) is 3. The van der Waals surface area contributed by atoms with E-state index in [-0.39, 0.29) is 11.9 Å². The lowest BCUT2D eigenvalue weighted by Gasteiger charge is -2.28. The molecule has 1 saturated heterocycles. The van der Waals surface area contributed by atoms with Gasteiger partial charge in [-0.25, -0.2) is 0 Å². The van der Waals surface area contributed by atoms with E-state index in [0.29, 0.717) is 12.0 Å². The van der Waals surface area contributed by atoms with Gasteiger partial charge in [-0.1, -0.05) is 13.8 Å². The van der Waals surface area contributed by atoms with Crippen LogP contribution in [0.25, 0.3) is 0 Å². The van der Waals surface area contributed by atoms with Crippen LogP contribution in [0.5, 0.6) is 0 Å². The standard InChI is InChI=1S/C13H27N3O/c1-10(2)8-12(14)13(17)16(4)9-11-6-5-7-15(11)3/h10-12H,5-9,14H2,1-4H3/t11?,12-/m1/s1. The van der Waals surface area contributed by atoms with Crippen molar-refractivity contribution in [2.24, 2.45) is 11.7 Å². The van der Waals surface area contributed by atoms with Gasteiger partial charge in [-0.05, 0) is 38.8 Å². The molecule has 100 valence electrons. The zero-order valence-electron chi connectivity index (χ0n) is 11.6. The Bertz CT molecular complexity index is 255. The zero-order chi connectivity index (χ0) is 13.0. The predicted molar refractivity (Wildman–Crippen MR) is 70.7 cm³/mol. The first kappa shape index (κ1) is 14.5. The van der Waals surface area contributed by atoms with Crippen LogP contribution >= 0.6 is 0 Å². The lowest BCUT2D eigenvalue weighted by atomic mass is 10.0. The van der Waals surface area contributed by atoms with E-state index in [9.17, 15) is 4.79 Å². The number of likely N-dealkylation sites (tertiary alicyclic amines) is 1. The van der Waals surface area contributed by atoms with Crippen LogP contribution in [-0.4, -0.2) is 55.0 Å². The minimum absolute atomic E-state index is 0.0824. The fourth-order valence-electron chi connectivity index (χ4n) is 2.51. The molecule has 0 aliphatic carbocycles. The third-order valence-electron chi connectivity index (χ3n) is 3.57. The number of amides is 1. The summed E-state index contributed by atoms with van der Waals surface area (Å²) >= 11 is 0. The minimum atomic E-state index is -0.341. The molecule has 0 aromatic heterocycles. The van der Waals surface area contributed by atoms with Crippen LogP contribution in [0.2, 0.25) is 0 Å². The molecule has 1 heterocycles. The van der Waals surface area contributed by atoms with E-state index < -0.39 is 0 Å². The highest BCUT2D eigenvalue weighted by molar-refractivity contribution is 5.81. The van der Waals surface area contributed by atoms with E-state index in [1.807, 2.05) is 7.05 Å². The largest absolute Gasteiger partial charge is 0.343 e. The van der Waals surface area contributed by atoms with Gasteiger partial charge in [0.25, 0.3) is 0 Å². The number of carbonyl (C=O) groups is 1. The molecule has 0 aromatic rings. The summed E-state index contributed by atoms with van der Waals surface area (Å²) in [5.41, 5.74) is 5.92.